The Labute approximate surface area is 107 Å². The SMILES string of the molecule is CC1CN(Cc2ccc(B(O)O)cc2F)CC1C. The Morgan fingerprint density at radius 1 is 1.28 bits per heavy atom. The van der Waals surface area contributed by atoms with Crippen LogP contribution in [0.4, 0.5) is 4.39 Å². The average Bonchev–Trinajstić information content (AvgIpc) is 2.61. The molecule has 2 N–H and O–H groups in total. The number of rotatable bonds is 3. The summed E-state index contributed by atoms with van der Waals surface area (Å²) in [5.74, 6) is 0.922. The van der Waals surface area contributed by atoms with Gasteiger partial charge in [-0.2, -0.15) is 0 Å². The molecular weight excluding hydrogens is 232 g/mol. The molecule has 1 fully saturated rings. The van der Waals surface area contributed by atoms with E-state index in [2.05, 4.69) is 18.7 Å². The summed E-state index contributed by atoms with van der Waals surface area (Å²) in [5.41, 5.74) is 0.806. The van der Waals surface area contributed by atoms with Gasteiger partial charge in [0.15, 0.2) is 0 Å². The molecule has 1 heterocycles. The summed E-state index contributed by atoms with van der Waals surface area (Å²) in [6.45, 7) is 7.00. The molecule has 1 aliphatic rings. The monoisotopic (exact) mass is 251 g/mol. The Morgan fingerprint density at radius 3 is 2.39 bits per heavy atom. The maximum atomic E-state index is 13.8. The lowest BCUT2D eigenvalue weighted by atomic mass is 9.80. The smallest absolute Gasteiger partial charge is 0.423 e. The summed E-state index contributed by atoms with van der Waals surface area (Å²) >= 11 is 0. The molecule has 0 aromatic heterocycles. The second-order valence-corrected chi connectivity index (χ2v) is 5.37. The molecule has 1 aliphatic heterocycles. The summed E-state index contributed by atoms with van der Waals surface area (Å²) in [5, 5.41) is 17.9. The molecule has 5 heteroatoms. The summed E-state index contributed by atoms with van der Waals surface area (Å²) in [6.07, 6.45) is 0. The van der Waals surface area contributed by atoms with Gasteiger partial charge in [-0.25, -0.2) is 4.39 Å². The molecule has 2 atom stereocenters. The summed E-state index contributed by atoms with van der Waals surface area (Å²) in [6, 6.07) is 4.40. The fraction of sp³-hybridized carbons (Fsp3) is 0.538. The van der Waals surface area contributed by atoms with Crippen molar-refractivity contribution < 1.29 is 14.4 Å². The Morgan fingerprint density at radius 2 is 1.89 bits per heavy atom. The average molecular weight is 251 g/mol. The summed E-state index contributed by atoms with van der Waals surface area (Å²) in [7, 11) is -1.61. The van der Waals surface area contributed by atoms with Crippen LogP contribution in [0.15, 0.2) is 18.2 Å². The molecule has 2 rings (SSSR count). The first-order valence-electron chi connectivity index (χ1n) is 6.34. The van der Waals surface area contributed by atoms with Gasteiger partial charge >= 0.3 is 7.12 Å². The van der Waals surface area contributed by atoms with Crippen molar-refractivity contribution in [2.24, 2.45) is 11.8 Å². The predicted octanol–water partition coefficient (Wildman–Crippen LogP) is 0.593. The first-order valence-corrected chi connectivity index (χ1v) is 6.34. The quantitative estimate of drug-likeness (QED) is 0.773. The van der Waals surface area contributed by atoms with Crippen molar-refractivity contribution in [1.82, 2.24) is 4.90 Å². The van der Waals surface area contributed by atoms with E-state index in [0.29, 0.717) is 23.9 Å². The summed E-state index contributed by atoms with van der Waals surface area (Å²) in [4.78, 5) is 2.24. The van der Waals surface area contributed by atoms with E-state index in [1.165, 1.54) is 6.07 Å². The highest BCUT2D eigenvalue weighted by molar-refractivity contribution is 6.58. The van der Waals surface area contributed by atoms with Gasteiger partial charge in [-0.15, -0.1) is 0 Å². The van der Waals surface area contributed by atoms with Gasteiger partial charge in [0.2, 0.25) is 0 Å². The minimum absolute atomic E-state index is 0.194. The van der Waals surface area contributed by atoms with Crippen LogP contribution in [0.2, 0.25) is 0 Å². The standard InChI is InChI=1S/C13H19BFNO2/c1-9-6-16(7-10(9)2)8-11-3-4-12(14(17)18)5-13(11)15/h3-5,9-10,17-18H,6-8H2,1-2H3. The zero-order valence-corrected chi connectivity index (χ0v) is 10.8. The molecule has 0 saturated carbocycles. The fourth-order valence-electron chi connectivity index (χ4n) is 2.47. The second kappa shape index (κ2) is 5.39. The van der Waals surface area contributed by atoms with Gasteiger partial charge in [0.05, 0.1) is 0 Å². The third-order valence-electron chi connectivity index (χ3n) is 3.83. The van der Waals surface area contributed by atoms with E-state index in [1.54, 1.807) is 12.1 Å². The van der Waals surface area contributed by atoms with E-state index >= 15 is 0 Å². The van der Waals surface area contributed by atoms with Gasteiger partial charge in [0.25, 0.3) is 0 Å². The number of hydrogen-bond donors (Lipinski definition) is 2. The summed E-state index contributed by atoms with van der Waals surface area (Å²) < 4.78 is 13.8. The van der Waals surface area contributed by atoms with Crippen LogP contribution in [-0.4, -0.2) is 35.2 Å². The van der Waals surface area contributed by atoms with E-state index < -0.39 is 7.12 Å². The van der Waals surface area contributed by atoms with Gasteiger partial charge in [-0.3, -0.25) is 4.90 Å². The van der Waals surface area contributed by atoms with Crippen LogP contribution in [0.3, 0.4) is 0 Å². The van der Waals surface area contributed by atoms with E-state index in [0.717, 1.165) is 13.1 Å². The van der Waals surface area contributed by atoms with Crippen LogP contribution in [0, 0.1) is 17.7 Å². The highest BCUT2D eigenvalue weighted by Gasteiger charge is 2.26. The largest absolute Gasteiger partial charge is 0.488 e. The Balaban J connectivity index is 2.06. The number of nitrogens with zero attached hydrogens (tertiary/aromatic N) is 1. The van der Waals surface area contributed by atoms with Crippen molar-refractivity contribution in [3.63, 3.8) is 0 Å². The molecular formula is C13H19BFNO2. The topological polar surface area (TPSA) is 43.7 Å². The first-order chi connectivity index (χ1) is 8.47. The number of hydrogen-bond acceptors (Lipinski definition) is 3. The normalized spacial score (nSPS) is 24.5. The molecule has 3 nitrogen and oxygen atoms in total. The molecule has 1 aromatic rings. The van der Waals surface area contributed by atoms with E-state index in [-0.39, 0.29) is 11.3 Å². The van der Waals surface area contributed by atoms with Crippen molar-refractivity contribution in [2.45, 2.75) is 20.4 Å². The molecule has 0 aliphatic carbocycles. The van der Waals surface area contributed by atoms with Crippen LogP contribution < -0.4 is 5.46 Å². The van der Waals surface area contributed by atoms with Gasteiger partial charge in [0, 0.05) is 25.2 Å². The van der Waals surface area contributed by atoms with Gasteiger partial charge in [-0.1, -0.05) is 26.0 Å². The van der Waals surface area contributed by atoms with Crippen LogP contribution in [0.5, 0.6) is 0 Å². The van der Waals surface area contributed by atoms with Crippen molar-refractivity contribution in [3.05, 3.63) is 29.6 Å². The number of halogens is 1. The number of likely N-dealkylation sites (tertiary alicyclic amines) is 1. The van der Waals surface area contributed by atoms with Crippen LogP contribution in [0.25, 0.3) is 0 Å². The highest BCUT2D eigenvalue weighted by Crippen LogP contribution is 2.24. The lowest BCUT2D eigenvalue weighted by Gasteiger charge is -2.16. The molecule has 98 valence electrons. The lowest BCUT2D eigenvalue weighted by molar-refractivity contribution is 0.311. The fourth-order valence-corrected chi connectivity index (χ4v) is 2.47. The molecule has 2 unspecified atom stereocenters. The molecule has 18 heavy (non-hydrogen) atoms. The molecule has 0 amide bonds. The molecule has 0 spiro atoms. The van der Waals surface area contributed by atoms with Crippen LogP contribution >= 0.6 is 0 Å². The van der Waals surface area contributed by atoms with Gasteiger partial charge in [-0.05, 0) is 23.4 Å². The molecule has 1 saturated heterocycles. The molecule has 0 bridgehead atoms. The number of benzene rings is 1. The molecule has 0 radical (unpaired) electrons. The van der Waals surface area contributed by atoms with Crippen molar-refractivity contribution in [2.75, 3.05) is 13.1 Å². The van der Waals surface area contributed by atoms with E-state index in [4.69, 9.17) is 10.0 Å². The Kier molecular flexibility index (Phi) is 4.05. The Hall–Kier alpha value is -0.905. The zero-order valence-electron chi connectivity index (χ0n) is 10.8. The van der Waals surface area contributed by atoms with Crippen molar-refractivity contribution in [3.8, 4) is 0 Å². The van der Waals surface area contributed by atoms with E-state index in [9.17, 15) is 4.39 Å². The second-order valence-electron chi connectivity index (χ2n) is 5.37. The maximum absolute atomic E-state index is 13.8. The van der Waals surface area contributed by atoms with Gasteiger partial charge in [0.1, 0.15) is 5.82 Å². The maximum Gasteiger partial charge on any atom is 0.488 e. The minimum atomic E-state index is -1.61. The van der Waals surface area contributed by atoms with Crippen LogP contribution in [-0.2, 0) is 6.54 Å². The van der Waals surface area contributed by atoms with Crippen molar-refractivity contribution in [1.29, 1.82) is 0 Å². The first kappa shape index (κ1) is 13.5. The lowest BCUT2D eigenvalue weighted by Crippen LogP contribution is -2.30. The highest BCUT2D eigenvalue weighted by atomic mass is 19.1. The van der Waals surface area contributed by atoms with Gasteiger partial charge < -0.3 is 10.0 Å². The van der Waals surface area contributed by atoms with Crippen LogP contribution in [0.1, 0.15) is 19.4 Å². The van der Waals surface area contributed by atoms with E-state index in [1.807, 2.05) is 0 Å². The third kappa shape index (κ3) is 2.91. The third-order valence-corrected chi connectivity index (χ3v) is 3.83. The zero-order chi connectivity index (χ0) is 13.3. The predicted molar refractivity (Wildman–Crippen MR) is 69.8 cm³/mol. The Bertz CT molecular complexity index is 417. The minimum Gasteiger partial charge on any atom is -0.423 e. The van der Waals surface area contributed by atoms with Crippen molar-refractivity contribution >= 4 is 12.6 Å². The molecule has 1 aromatic carbocycles.